The van der Waals surface area contributed by atoms with Crippen LogP contribution in [0.2, 0.25) is 5.02 Å². The van der Waals surface area contributed by atoms with Crippen LogP contribution in [0, 0.1) is 5.41 Å². The summed E-state index contributed by atoms with van der Waals surface area (Å²) in [6.45, 7) is -1.09. The van der Waals surface area contributed by atoms with Crippen molar-refractivity contribution in [2.75, 3.05) is 44.0 Å². The second-order valence-electron chi connectivity index (χ2n) is 14.0. The van der Waals surface area contributed by atoms with Crippen LogP contribution in [0.25, 0.3) is 0 Å². The summed E-state index contributed by atoms with van der Waals surface area (Å²) in [6, 6.07) is 20.5. The topological polar surface area (TPSA) is 195 Å². The normalized spacial score (nSPS) is 15.2. The standard InChI is InChI=1S/C39H40ClF3N8O7/c1-56-33(55)29(15-20-44-31(53)32(54)45-21-37(16-17-37)22-57-28-5-3-2-4-6-28)47-30(52)24-7-13-27(14-8-24)46-34-48-35(50-36(49-34)58-23-39(41,42)43)51-38(18-19-38)25-9-11-26(40)12-10-25/h2-14,29H,15-23H2,1H3,(H,44,53)(H,45,54)(H,47,52)(H2,46,48,49,50,51)/t29-/m1/s1. The molecule has 2 saturated carbocycles. The number of nitrogens with one attached hydrogen (secondary N) is 5. The Hall–Kier alpha value is -6.17. The molecular weight excluding hydrogens is 785 g/mol. The summed E-state index contributed by atoms with van der Waals surface area (Å²) in [5.41, 5.74) is 0.587. The Kier molecular flexibility index (Phi) is 12.8. The van der Waals surface area contributed by atoms with Crippen molar-refractivity contribution >= 4 is 52.9 Å². The number of nitrogens with zero attached hydrogens (tertiary/aromatic N) is 3. The molecule has 0 saturated heterocycles. The van der Waals surface area contributed by atoms with Crippen molar-refractivity contribution in [2.24, 2.45) is 5.41 Å². The number of halogens is 4. The first-order valence-corrected chi connectivity index (χ1v) is 18.6. The minimum Gasteiger partial charge on any atom is -0.493 e. The van der Waals surface area contributed by atoms with Crippen LogP contribution in [0.5, 0.6) is 11.8 Å². The van der Waals surface area contributed by atoms with Crippen molar-refractivity contribution in [1.82, 2.24) is 30.9 Å². The van der Waals surface area contributed by atoms with E-state index < -0.39 is 54.1 Å². The van der Waals surface area contributed by atoms with Gasteiger partial charge in [0, 0.05) is 34.8 Å². The van der Waals surface area contributed by atoms with Gasteiger partial charge in [0.15, 0.2) is 6.61 Å². The highest BCUT2D eigenvalue weighted by Gasteiger charge is 2.46. The van der Waals surface area contributed by atoms with Gasteiger partial charge in [-0.2, -0.15) is 28.1 Å². The van der Waals surface area contributed by atoms with E-state index in [2.05, 4.69) is 41.5 Å². The Balaban J connectivity index is 1.01. The molecule has 306 valence electrons. The smallest absolute Gasteiger partial charge is 0.422 e. The molecule has 19 heteroatoms. The van der Waals surface area contributed by atoms with Crippen LogP contribution in [0.3, 0.4) is 0 Å². The number of anilines is 3. The summed E-state index contributed by atoms with van der Waals surface area (Å²) < 4.78 is 54.4. The summed E-state index contributed by atoms with van der Waals surface area (Å²) in [5.74, 6) is -2.60. The molecule has 3 aromatic carbocycles. The van der Waals surface area contributed by atoms with Gasteiger partial charge < -0.3 is 40.8 Å². The Labute approximate surface area is 335 Å². The van der Waals surface area contributed by atoms with Gasteiger partial charge in [-0.1, -0.05) is 41.9 Å². The Bertz CT molecular complexity index is 2090. The number of benzene rings is 3. The minimum absolute atomic E-state index is 0.0277. The van der Waals surface area contributed by atoms with Crippen LogP contribution in [0.1, 0.15) is 48.0 Å². The fraction of sp³-hybridized carbons (Fsp3) is 0.359. The first-order chi connectivity index (χ1) is 27.7. The fourth-order valence-electron chi connectivity index (χ4n) is 5.80. The highest BCUT2D eigenvalue weighted by Crippen LogP contribution is 2.48. The largest absolute Gasteiger partial charge is 0.493 e. The zero-order valence-corrected chi connectivity index (χ0v) is 31.9. The van der Waals surface area contributed by atoms with E-state index in [4.69, 9.17) is 25.8 Å². The van der Waals surface area contributed by atoms with Gasteiger partial charge in [-0.15, -0.1) is 0 Å². The van der Waals surface area contributed by atoms with Crippen molar-refractivity contribution in [3.8, 4) is 11.8 Å². The molecule has 58 heavy (non-hydrogen) atoms. The van der Waals surface area contributed by atoms with E-state index in [1.54, 1.807) is 12.1 Å². The van der Waals surface area contributed by atoms with Gasteiger partial charge in [0.1, 0.15) is 11.8 Å². The lowest BCUT2D eigenvalue weighted by atomic mass is 10.1. The van der Waals surface area contributed by atoms with Crippen LogP contribution in [0.15, 0.2) is 78.9 Å². The molecule has 0 spiro atoms. The summed E-state index contributed by atoms with van der Waals surface area (Å²) in [7, 11) is 1.15. The molecule has 5 N–H and O–H groups in total. The molecule has 3 amide bonds. The quantitative estimate of drug-likeness (QED) is 0.0662. The third kappa shape index (κ3) is 11.7. The maximum atomic E-state index is 13.1. The number of ether oxygens (including phenoxy) is 3. The molecule has 1 atom stereocenters. The Morgan fingerprint density at radius 3 is 2.14 bits per heavy atom. The van der Waals surface area contributed by atoms with Gasteiger partial charge in [0.2, 0.25) is 11.9 Å². The van der Waals surface area contributed by atoms with E-state index in [1.165, 1.54) is 24.3 Å². The molecule has 2 fully saturated rings. The molecule has 4 aromatic rings. The van der Waals surface area contributed by atoms with Crippen molar-refractivity contribution < 1.29 is 46.6 Å². The number of methoxy groups -OCH3 is 1. The second-order valence-corrected chi connectivity index (χ2v) is 14.4. The number of alkyl halides is 3. The molecule has 2 aliphatic rings. The third-order valence-corrected chi connectivity index (χ3v) is 9.72. The van der Waals surface area contributed by atoms with E-state index in [1.807, 2.05) is 42.5 Å². The first kappa shape index (κ1) is 41.5. The maximum Gasteiger partial charge on any atom is 0.422 e. The van der Waals surface area contributed by atoms with Gasteiger partial charge in [-0.3, -0.25) is 14.4 Å². The molecule has 1 heterocycles. The zero-order chi connectivity index (χ0) is 41.3. The molecule has 2 aliphatic carbocycles. The number of carbonyl (C=O) groups is 4. The molecule has 0 aliphatic heterocycles. The van der Waals surface area contributed by atoms with Crippen LogP contribution in [0.4, 0.5) is 30.8 Å². The van der Waals surface area contributed by atoms with Gasteiger partial charge in [0.05, 0.1) is 19.3 Å². The molecule has 0 unspecified atom stereocenters. The van der Waals surface area contributed by atoms with Crippen molar-refractivity contribution in [3.63, 3.8) is 0 Å². The number of para-hydroxylation sites is 1. The van der Waals surface area contributed by atoms with Crippen molar-refractivity contribution in [1.29, 1.82) is 0 Å². The van der Waals surface area contributed by atoms with E-state index in [-0.39, 0.29) is 42.4 Å². The average Bonchev–Trinajstić information content (AvgIpc) is 4.16. The predicted molar refractivity (Wildman–Crippen MR) is 205 cm³/mol. The van der Waals surface area contributed by atoms with Gasteiger partial charge in [-0.25, -0.2) is 4.79 Å². The highest BCUT2D eigenvalue weighted by atomic mass is 35.5. The lowest BCUT2D eigenvalue weighted by molar-refractivity contribution is -0.154. The predicted octanol–water partition coefficient (Wildman–Crippen LogP) is 5.06. The van der Waals surface area contributed by atoms with E-state index in [9.17, 15) is 32.3 Å². The minimum atomic E-state index is -4.64. The van der Waals surface area contributed by atoms with Gasteiger partial charge in [-0.05, 0) is 86.2 Å². The average molecular weight is 825 g/mol. The number of esters is 1. The first-order valence-electron chi connectivity index (χ1n) is 18.2. The summed E-state index contributed by atoms with van der Waals surface area (Å²) in [5, 5.41) is 14.3. The lowest BCUT2D eigenvalue weighted by Gasteiger charge is -2.19. The van der Waals surface area contributed by atoms with Crippen LogP contribution >= 0.6 is 11.6 Å². The van der Waals surface area contributed by atoms with E-state index in [0.29, 0.717) is 35.9 Å². The summed E-state index contributed by atoms with van der Waals surface area (Å²) >= 11 is 6.04. The molecule has 6 rings (SSSR count). The second kappa shape index (κ2) is 18.0. The Morgan fingerprint density at radius 2 is 1.50 bits per heavy atom. The number of rotatable bonds is 18. The van der Waals surface area contributed by atoms with Gasteiger partial charge in [0.25, 0.3) is 5.91 Å². The summed E-state index contributed by atoms with van der Waals surface area (Å²) in [6.07, 6.45) is -1.61. The van der Waals surface area contributed by atoms with E-state index in [0.717, 1.165) is 25.5 Å². The number of carbonyl (C=O) groups excluding carboxylic acids is 4. The van der Waals surface area contributed by atoms with E-state index >= 15 is 0 Å². The van der Waals surface area contributed by atoms with Crippen molar-refractivity contribution in [3.05, 3.63) is 95.0 Å². The SMILES string of the molecule is COC(=O)[C@@H](CCNC(=O)C(=O)NCC1(COc2ccccc2)CC1)NC(=O)c1ccc(Nc2nc(NC3(c4ccc(Cl)cc4)CC3)nc(OCC(F)(F)F)n2)cc1. The van der Waals surface area contributed by atoms with Crippen LogP contribution in [-0.2, 0) is 24.7 Å². The number of amides is 3. The molecular formula is C39H40ClF3N8O7. The highest BCUT2D eigenvalue weighted by molar-refractivity contribution is 6.35. The van der Waals surface area contributed by atoms with Crippen LogP contribution in [-0.4, -0.2) is 84.3 Å². The van der Waals surface area contributed by atoms with Gasteiger partial charge >= 0.3 is 30.0 Å². The molecule has 1 aromatic heterocycles. The lowest BCUT2D eigenvalue weighted by Crippen LogP contribution is -2.46. The van der Waals surface area contributed by atoms with Crippen LogP contribution < -0.4 is 36.1 Å². The third-order valence-electron chi connectivity index (χ3n) is 9.47. The molecule has 0 radical (unpaired) electrons. The molecule has 0 bridgehead atoms. The number of aromatic nitrogens is 3. The van der Waals surface area contributed by atoms with Crippen molar-refractivity contribution in [2.45, 2.75) is 49.9 Å². The molecule has 15 nitrogen and oxygen atoms in total. The Morgan fingerprint density at radius 1 is 0.828 bits per heavy atom. The maximum absolute atomic E-state index is 13.1. The fourth-order valence-corrected chi connectivity index (χ4v) is 5.93. The number of hydrogen-bond acceptors (Lipinski definition) is 12. The summed E-state index contributed by atoms with van der Waals surface area (Å²) in [4.78, 5) is 63.0. The zero-order valence-electron chi connectivity index (χ0n) is 31.2. The monoisotopic (exact) mass is 824 g/mol. The number of hydrogen-bond donors (Lipinski definition) is 5.